The van der Waals surface area contributed by atoms with Crippen molar-refractivity contribution in [2.75, 3.05) is 6.26 Å². The Hall–Kier alpha value is -0.470. The Morgan fingerprint density at radius 2 is 1.87 bits per heavy atom. The molecule has 0 spiro atoms. The van der Waals surface area contributed by atoms with E-state index < -0.39 is 0 Å². The standard InChI is InChI=1S/C13H21NS/c1-10(2)14-11(3)9-12-7-5-6-8-13(12)15-4/h5-8,10-11,14H,9H2,1-4H3. The maximum Gasteiger partial charge on any atom is 0.0102 e. The molecule has 1 nitrogen and oxygen atoms in total. The van der Waals surface area contributed by atoms with E-state index in [2.05, 4.69) is 56.6 Å². The van der Waals surface area contributed by atoms with E-state index in [9.17, 15) is 0 Å². The molecule has 84 valence electrons. The molecule has 0 radical (unpaired) electrons. The summed E-state index contributed by atoms with van der Waals surface area (Å²) < 4.78 is 0. The average Bonchev–Trinajstić information content (AvgIpc) is 2.17. The summed E-state index contributed by atoms with van der Waals surface area (Å²) in [7, 11) is 0. The minimum atomic E-state index is 0.540. The Kier molecular flexibility index (Phi) is 5.20. The molecule has 1 atom stereocenters. The van der Waals surface area contributed by atoms with E-state index >= 15 is 0 Å². The second-order valence-electron chi connectivity index (χ2n) is 4.24. The van der Waals surface area contributed by atoms with Gasteiger partial charge in [-0.2, -0.15) is 0 Å². The fraction of sp³-hybridized carbons (Fsp3) is 0.538. The summed E-state index contributed by atoms with van der Waals surface area (Å²) in [5.41, 5.74) is 1.45. The van der Waals surface area contributed by atoms with Crippen molar-refractivity contribution in [1.29, 1.82) is 0 Å². The molecule has 0 saturated heterocycles. The third-order valence-corrected chi connectivity index (χ3v) is 3.17. The largest absolute Gasteiger partial charge is 0.312 e. The van der Waals surface area contributed by atoms with Crippen LogP contribution in [-0.4, -0.2) is 18.3 Å². The Labute approximate surface area is 97.7 Å². The number of rotatable bonds is 5. The number of nitrogens with one attached hydrogen (secondary N) is 1. The van der Waals surface area contributed by atoms with E-state index in [0.717, 1.165) is 6.42 Å². The first kappa shape index (κ1) is 12.6. The minimum absolute atomic E-state index is 0.540. The molecule has 0 aromatic heterocycles. The van der Waals surface area contributed by atoms with Crippen molar-refractivity contribution in [3.05, 3.63) is 29.8 Å². The van der Waals surface area contributed by atoms with Gasteiger partial charge in [0.2, 0.25) is 0 Å². The maximum atomic E-state index is 3.53. The summed E-state index contributed by atoms with van der Waals surface area (Å²) in [5, 5.41) is 3.53. The minimum Gasteiger partial charge on any atom is -0.312 e. The van der Waals surface area contributed by atoms with Gasteiger partial charge >= 0.3 is 0 Å². The van der Waals surface area contributed by atoms with Crippen LogP contribution >= 0.6 is 11.8 Å². The van der Waals surface area contributed by atoms with Gasteiger partial charge in [-0.1, -0.05) is 32.0 Å². The fourth-order valence-electron chi connectivity index (χ4n) is 1.83. The molecular formula is C13H21NS. The quantitative estimate of drug-likeness (QED) is 0.768. The first-order valence-electron chi connectivity index (χ1n) is 5.51. The Balaban J connectivity index is 2.63. The number of benzene rings is 1. The summed E-state index contributed by atoms with van der Waals surface area (Å²) in [4.78, 5) is 1.40. The van der Waals surface area contributed by atoms with Gasteiger partial charge in [-0.3, -0.25) is 0 Å². The van der Waals surface area contributed by atoms with Crippen LogP contribution in [0.25, 0.3) is 0 Å². The van der Waals surface area contributed by atoms with E-state index in [1.54, 1.807) is 0 Å². The molecule has 0 heterocycles. The predicted octanol–water partition coefficient (Wildman–Crippen LogP) is 3.34. The Morgan fingerprint density at radius 3 is 2.47 bits per heavy atom. The summed E-state index contributed by atoms with van der Waals surface area (Å²) in [5.74, 6) is 0. The van der Waals surface area contributed by atoms with Crippen LogP contribution in [-0.2, 0) is 6.42 Å². The zero-order valence-corrected chi connectivity index (χ0v) is 10.9. The lowest BCUT2D eigenvalue weighted by Gasteiger charge is -2.18. The van der Waals surface area contributed by atoms with Gasteiger partial charge in [-0.05, 0) is 31.2 Å². The van der Waals surface area contributed by atoms with Crippen molar-refractivity contribution >= 4 is 11.8 Å². The summed E-state index contributed by atoms with van der Waals surface area (Å²) in [6.07, 6.45) is 3.24. The molecule has 0 bridgehead atoms. The van der Waals surface area contributed by atoms with Crippen molar-refractivity contribution in [2.45, 2.75) is 44.2 Å². The van der Waals surface area contributed by atoms with Gasteiger partial charge in [0.05, 0.1) is 0 Å². The van der Waals surface area contributed by atoms with Crippen LogP contribution in [0, 0.1) is 0 Å². The van der Waals surface area contributed by atoms with Crippen LogP contribution in [0.2, 0.25) is 0 Å². The van der Waals surface area contributed by atoms with Crippen LogP contribution in [0.3, 0.4) is 0 Å². The Morgan fingerprint density at radius 1 is 1.20 bits per heavy atom. The lowest BCUT2D eigenvalue weighted by atomic mass is 10.1. The van der Waals surface area contributed by atoms with Crippen molar-refractivity contribution in [3.63, 3.8) is 0 Å². The van der Waals surface area contributed by atoms with Gasteiger partial charge in [0, 0.05) is 17.0 Å². The van der Waals surface area contributed by atoms with Crippen molar-refractivity contribution in [2.24, 2.45) is 0 Å². The first-order chi connectivity index (χ1) is 7.13. The van der Waals surface area contributed by atoms with Gasteiger partial charge in [-0.25, -0.2) is 0 Å². The lowest BCUT2D eigenvalue weighted by molar-refractivity contribution is 0.486. The van der Waals surface area contributed by atoms with Gasteiger partial charge in [0.15, 0.2) is 0 Å². The third-order valence-electron chi connectivity index (χ3n) is 2.34. The SMILES string of the molecule is CSc1ccccc1CC(C)NC(C)C. The van der Waals surface area contributed by atoms with Crippen LogP contribution in [0.4, 0.5) is 0 Å². The Bertz CT molecular complexity index is 296. The van der Waals surface area contributed by atoms with E-state index in [-0.39, 0.29) is 0 Å². The molecule has 0 aliphatic carbocycles. The highest BCUT2D eigenvalue weighted by molar-refractivity contribution is 7.98. The van der Waals surface area contributed by atoms with Crippen LogP contribution in [0.15, 0.2) is 29.2 Å². The molecule has 1 rings (SSSR count). The van der Waals surface area contributed by atoms with Gasteiger partial charge in [0.25, 0.3) is 0 Å². The van der Waals surface area contributed by atoms with E-state index in [1.807, 2.05) is 11.8 Å². The van der Waals surface area contributed by atoms with Crippen molar-refractivity contribution in [1.82, 2.24) is 5.32 Å². The molecular weight excluding hydrogens is 202 g/mol. The molecule has 1 unspecified atom stereocenters. The van der Waals surface area contributed by atoms with Crippen molar-refractivity contribution < 1.29 is 0 Å². The molecule has 1 aromatic carbocycles. The monoisotopic (exact) mass is 223 g/mol. The summed E-state index contributed by atoms with van der Waals surface area (Å²) in [6, 6.07) is 9.75. The number of thioether (sulfide) groups is 1. The second kappa shape index (κ2) is 6.19. The normalized spacial score (nSPS) is 13.1. The highest BCUT2D eigenvalue weighted by atomic mass is 32.2. The molecule has 0 aliphatic rings. The molecule has 15 heavy (non-hydrogen) atoms. The zero-order valence-electron chi connectivity index (χ0n) is 10.1. The van der Waals surface area contributed by atoms with E-state index in [4.69, 9.17) is 0 Å². The molecule has 2 heteroatoms. The lowest BCUT2D eigenvalue weighted by Crippen LogP contribution is -2.33. The van der Waals surface area contributed by atoms with Gasteiger partial charge < -0.3 is 5.32 Å². The van der Waals surface area contributed by atoms with Gasteiger partial charge in [0.1, 0.15) is 0 Å². The predicted molar refractivity (Wildman–Crippen MR) is 69.7 cm³/mol. The second-order valence-corrected chi connectivity index (χ2v) is 5.09. The number of hydrogen-bond acceptors (Lipinski definition) is 2. The third kappa shape index (κ3) is 4.27. The maximum absolute atomic E-state index is 3.53. The van der Waals surface area contributed by atoms with E-state index in [0.29, 0.717) is 12.1 Å². The summed E-state index contributed by atoms with van der Waals surface area (Å²) in [6.45, 7) is 6.63. The smallest absolute Gasteiger partial charge is 0.0102 e. The molecule has 0 fully saturated rings. The first-order valence-corrected chi connectivity index (χ1v) is 6.74. The molecule has 0 saturated carbocycles. The molecule has 0 aliphatic heterocycles. The number of hydrogen-bond donors (Lipinski definition) is 1. The van der Waals surface area contributed by atoms with Crippen LogP contribution in [0.1, 0.15) is 26.3 Å². The zero-order chi connectivity index (χ0) is 11.3. The average molecular weight is 223 g/mol. The summed E-state index contributed by atoms with van der Waals surface area (Å²) >= 11 is 1.83. The van der Waals surface area contributed by atoms with Crippen LogP contribution in [0.5, 0.6) is 0 Å². The van der Waals surface area contributed by atoms with E-state index in [1.165, 1.54) is 10.5 Å². The van der Waals surface area contributed by atoms with Crippen LogP contribution < -0.4 is 5.32 Å². The molecule has 1 N–H and O–H groups in total. The van der Waals surface area contributed by atoms with Crippen molar-refractivity contribution in [3.8, 4) is 0 Å². The fourth-order valence-corrected chi connectivity index (χ4v) is 2.46. The highest BCUT2D eigenvalue weighted by Gasteiger charge is 2.07. The molecule has 1 aromatic rings. The van der Waals surface area contributed by atoms with Gasteiger partial charge in [-0.15, -0.1) is 11.8 Å². The molecule has 0 amide bonds. The topological polar surface area (TPSA) is 12.0 Å². The highest BCUT2D eigenvalue weighted by Crippen LogP contribution is 2.21.